The highest BCUT2D eigenvalue weighted by molar-refractivity contribution is 6.01. The van der Waals surface area contributed by atoms with Crippen LogP contribution in [0.25, 0.3) is 0 Å². The second kappa shape index (κ2) is 6.64. The Morgan fingerprint density at radius 3 is 2.96 bits per heavy atom. The average Bonchev–Trinajstić information content (AvgIpc) is 2.59. The number of carbonyl (C=O) groups excluding carboxylic acids is 3. The van der Waals surface area contributed by atoms with Gasteiger partial charge in [-0.1, -0.05) is 12.2 Å². The van der Waals surface area contributed by atoms with Gasteiger partial charge in [0.15, 0.2) is 19.0 Å². The fourth-order valence-electron chi connectivity index (χ4n) is 2.60. The second-order valence-electron chi connectivity index (χ2n) is 5.56. The first kappa shape index (κ1) is 15.3. The number of ketones is 1. The zero-order chi connectivity index (χ0) is 16.2. The van der Waals surface area contributed by atoms with Crippen molar-refractivity contribution in [3.63, 3.8) is 0 Å². The molecule has 0 aromatic heterocycles. The monoisotopic (exact) mass is 315 g/mol. The van der Waals surface area contributed by atoms with Gasteiger partial charge in [0, 0.05) is 5.56 Å². The first-order valence-electron chi connectivity index (χ1n) is 7.55. The lowest BCUT2D eigenvalue weighted by atomic mass is 9.95. The van der Waals surface area contributed by atoms with Gasteiger partial charge in [-0.15, -0.1) is 0 Å². The first-order valence-corrected chi connectivity index (χ1v) is 7.55. The number of benzene rings is 1. The van der Waals surface area contributed by atoms with E-state index in [-0.39, 0.29) is 36.8 Å². The number of ether oxygens (including phenoxy) is 2. The minimum absolute atomic E-state index is 0.0340. The van der Waals surface area contributed by atoms with Crippen molar-refractivity contribution in [1.29, 1.82) is 0 Å². The maximum atomic E-state index is 12.2. The Balaban J connectivity index is 1.60. The van der Waals surface area contributed by atoms with Gasteiger partial charge in [0.2, 0.25) is 0 Å². The molecular formula is C17H17NO5. The van der Waals surface area contributed by atoms with Crippen LogP contribution in [-0.4, -0.2) is 30.9 Å². The van der Waals surface area contributed by atoms with Crippen LogP contribution < -0.4 is 10.1 Å². The number of amides is 1. The zero-order valence-electron chi connectivity index (χ0n) is 12.5. The normalized spacial score (nSPS) is 19.3. The van der Waals surface area contributed by atoms with Gasteiger partial charge in [-0.25, -0.2) is 0 Å². The number of anilines is 1. The number of hydrogen-bond donors (Lipinski definition) is 1. The van der Waals surface area contributed by atoms with E-state index in [4.69, 9.17) is 9.47 Å². The van der Waals surface area contributed by atoms with Crippen LogP contribution in [-0.2, 0) is 14.3 Å². The van der Waals surface area contributed by atoms with Crippen molar-refractivity contribution in [3.8, 4) is 5.75 Å². The van der Waals surface area contributed by atoms with E-state index in [1.165, 1.54) is 6.07 Å². The minimum atomic E-state index is -0.336. The van der Waals surface area contributed by atoms with Crippen molar-refractivity contribution < 1.29 is 23.9 Å². The predicted octanol–water partition coefficient (Wildman–Crippen LogP) is 2.10. The molecule has 0 unspecified atom stereocenters. The summed E-state index contributed by atoms with van der Waals surface area (Å²) in [5.41, 5.74) is 0.821. The van der Waals surface area contributed by atoms with E-state index in [1.54, 1.807) is 12.1 Å². The summed E-state index contributed by atoms with van der Waals surface area (Å²) in [4.78, 5) is 35.4. The molecule has 1 aliphatic heterocycles. The summed E-state index contributed by atoms with van der Waals surface area (Å²) >= 11 is 0. The van der Waals surface area contributed by atoms with E-state index < -0.39 is 0 Å². The Labute approximate surface area is 133 Å². The topological polar surface area (TPSA) is 81.7 Å². The van der Waals surface area contributed by atoms with Gasteiger partial charge < -0.3 is 14.8 Å². The molecule has 1 heterocycles. The number of rotatable bonds is 4. The number of fused-ring (bicyclic) bond motifs is 1. The van der Waals surface area contributed by atoms with Crippen LogP contribution in [0.4, 0.5) is 5.69 Å². The summed E-state index contributed by atoms with van der Waals surface area (Å²) < 4.78 is 10.4. The summed E-state index contributed by atoms with van der Waals surface area (Å²) in [5, 5.41) is 2.64. The van der Waals surface area contributed by atoms with Crippen LogP contribution in [0.2, 0.25) is 0 Å². The highest BCUT2D eigenvalue weighted by Gasteiger charge is 2.22. The molecule has 3 rings (SSSR count). The van der Waals surface area contributed by atoms with Gasteiger partial charge in [0.25, 0.3) is 5.91 Å². The third-order valence-electron chi connectivity index (χ3n) is 3.88. The van der Waals surface area contributed by atoms with E-state index in [0.29, 0.717) is 23.4 Å². The highest BCUT2D eigenvalue weighted by Crippen LogP contribution is 2.28. The Bertz CT molecular complexity index is 680. The lowest BCUT2D eigenvalue weighted by molar-refractivity contribution is -0.147. The van der Waals surface area contributed by atoms with Crippen LogP contribution in [0.15, 0.2) is 30.4 Å². The smallest absolute Gasteiger partial charge is 0.309 e. The van der Waals surface area contributed by atoms with Crippen molar-refractivity contribution >= 4 is 23.3 Å². The zero-order valence-corrected chi connectivity index (χ0v) is 12.5. The van der Waals surface area contributed by atoms with E-state index in [9.17, 15) is 14.4 Å². The van der Waals surface area contributed by atoms with Gasteiger partial charge in [-0.05, 0) is 37.5 Å². The Hall–Kier alpha value is -2.63. The number of nitrogens with one attached hydrogen (secondary N) is 1. The standard InChI is InChI=1S/C17H17NO5/c19-14(9-23-17(21)11-4-2-1-3-5-11)12-6-7-15-13(8-12)18-16(20)10-22-15/h1-2,6-8,11H,3-5,9-10H2,(H,18,20)/t11-/m0/s1. The molecule has 0 spiro atoms. The SMILES string of the molecule is O=C1COc2ccc(C(=O)COC(=O)[C@H]3CC=CCC3)cc2N1. The third kappa shape index (κ3) is 3.59. The first-order chi connectivity index (χ1) is 11.1. The molecule has 1 aromatic carbocycles. The molecule has 0 fully saturated rings. The summed E-state index contributed by atoms with van der Waals surface area (Å²) in [6.45, 7) is -0.333. The van der Waals surface area contributed by atoms with Crippen molar-refractivity contribution in [3.05, 3.63) is 35.9 Å². The van der Waals surface area contributed by atoms with Crippen LogP contribution in [0, 0.1) is 5.92 Å². The molecule has 1 atom stereocenters. The molecule has 1 amide bonds. The van der Waals surface area contributed by atoms with Crippen LogP contribution in [0.1, 0.15) is 29.6 Å². The fraction of sp³-hybridized carbons (Fsp3) is 0.353. The molecule has 120 valence electrons. The van der Waals surface area contributed by atoms with Gasteiger partial charge in [-0.3, -0.25) is 14.4 Å². The lowest BCUT2D eigenvalue weighted by Gasteiger charge is -2.18. The van der Waals surface area contributed by atoms with Gasteiger partial charge in [0.1, 0.15) is 5.75 Å². The molecule has 0 saturated heterocycles. The summed E-state index contributed by atoms with van der Waals surface area (Å²) in [5.74, 6) is -0.556. The van der Waals surface area contributed by atoms with Crippen LogP contribution >= 0.6 is 0 Å². The molecule has 23 heavy (non-hydrogen) atoms. The van der Waals surface area contributed by atoms with E-state index in [2.05, 4.69) is 5.32 Å². The van der Waals surface area contributed by atoms with Gasteiger partial charge >= 0.3 is 5.97 Å². The summed E-state index contributed by atoms with van der Waals surface area (Å²) in [7, 11) is 0. The fourth-order valence-corrected chi connectivity index (χ4v) is 2.60. The Kier molecular flexibility index (Phi) is 4.41. The van der Waals surface area contributed by atoms with Gasteiger partial charge in [0.05, 0.1) is 11.6 Å². The number of Topliss-reactive ketones (excluding diaryl/α,β-unsaturated/α-hetero) is 1. The lowest BCUT2D eigenvalue weighted by Crippen LogP contribution is -2.26. The molecule has 6 heteroatoms. The van der Waals surface area contributed by atoms with Crippen molar-refractivity contribution in [2.24, 2.45) is 5.92 Å². The van der Waals surface area contributed by atoms with Crippen LogP contribution in [0.3, 0.4) is 0 Å². The summed E-state index contributed by atoms with van der Waals surface area (Å²) in [6.07, 6.45) is 6.28. The van der Waals surface area contributed by atoms with Crippen molar-refractivity contribution in [2.75, 3.05) is 18.5 Å². The molecule has 2 aliphatic rings. The van der Waals surface area contributed by atoms with Crippen molar-refractivity contribution in [1.82, 2.24) is 0 Å². The van der Waals surface area contributed by atoms with E-state index in [0.717, 1.165) is 12.8 Å². The molecule has 0 saturated carbocycles. The average molecular weight is 315 g/mol. The molecule has 1 aliphatic carbocycles. The third-order valence-corrected chi connectivity index (χ3v) is 3.88. The van der Waals surface area contributed by atoms with E-state index >= 15 is 0 Å². The minimum Gasteiger partial charge on any atom is -0.482 e. The highest BCUT2D eigenvalue weighted by atomic mass is 16.5. The van der Waals surface area contributed by atoms with Crippen LogP contribution in [0.5, 0.6) is 5.75 Å². The molecule has 6 nitrogen and oxygen atoms in total. The number of allylic oxidation sites excluding steroid dienone is 2. The van der Waals surface area contributed by atoms with Crippen molar-refractivity contribution in [2.45, 2.75) is 19.3 Å². The molecule has 0 radical (unpaired) electrons. The predicted molar refractivity (Wildman–Crippen MR) is 82.3 cm³/mol. The Morgan fingerprint density at radius 1 is 1.30 bits per heavy atom. The number of carbonyl (C=O) groups is 3. The number of esters is 1. The maximum absolute atomic E-state index is 12.2. The largest absolute Gasteiger partial charge is 0.482 e. The van der Waals surface area contributed by atoms with E-state index in [1.807, 2.05) is 12.2 Å². The molecule has 1 N–H and O–H groups in total. The maximum Gasteiger partial charge on any atom is 0.309 e. The molecule has 1 aromatic rings. The second-order valence-corrected chi connectivity index (χ2v) is 5.56. The summed E-state index contributed by atoms with van der Waals surface area (Å²) in [6, 6.07) is 4.75. The molecule has 0 bridgehead atoms. The Morgan fingerprint density at radius 2 is 2.17 bits per heavy atom. The molecular weight excluding hydrogens is 298 g/mol. The number of hydrogen-bond acceptors (Lipinski definition) is 5. The quantitative estimate of drug-likeness (QED) is 0.523. The van der Waals surface area contributed by atoms with Gasteiger partial charge in [-0.2, -0.15) is 0 Å².